The Labute approximate surface area is 198 Å². The fourth-order valence-electron chi connectivity index (χ4n) is 4.56. The number of phenols is 1. The molecule has 1 unspecified atom stereocenters. The van der Waals surface area contributed by atoms with E-state index in [9.17, 15) is 14.7 Å². The highest BCUT2D eigenvalue weighted by Gasteiger charge is 2.42. The number of benzene rings is 1. The Morgan fingerprint density at radius 3 is 2.73 bits per heavy atom. The van der Waals surface area contributed by atoms with Gasteiger partial charge >= 0.3 is 0 Å². The number of nitrogens with zero attached hydrogens (tertiary/aromatic N) is 1. The van der Waals surface area contributed by atoms with Crippen LogP contribution in [0, 0.1) is 11.3 Å². The van der Waals surface area contributed by atoms with Crippen LogP contribution in [0.15, 0.2) is 39.4 Å². The average molecular weight is 470 g/mol. The monoisotopic (exact) mass is 469 g/mol. The van der Waals surface area contributed by atoms with Crippen LogP contribution in [-0.4, -0.2) is 33.7 Å². The van der Waals surface area contributed by atoms with Crippen molar-refractivity contribution in [2.45, 2.75) is 58.0 Å². The quantitative estimate of drug-likeness (QED) is 0.411. The maximum atomic E-state index is 13.3. The Hall–Kier alpha value is -2.74. The van der Waals surface area contributed by atoms with E-state index in [0.717, 1.165) is 17.9 Å². The first kappa shape index (κ1) is 23.4. The summed E-state index contributed by atoms with van der Waals surface area (Å²) in [5.41, 5.74) is 2.09. The minimum Gasteiger partial charge on any atom is -0.504 e. The maximum Gasteiger partial charge on any atom is 0.257 e. The highest BCUT2D eigenvalue weighted by Crippen LogP contribution is 2.48. The lowest BCUT2D eigenvalue weighted by Gasteiger charge is -2.38. The summed E-state index contributed by atoms with van der Waals surface area (Å²) in [6.07, 6.45) is 2.11. The summed E-state index contributed by atoms with van der Waals surface area (Å²) in [5, 5.41) is 14.0. The van der Waals surface area contributed by atoms with Gasteiger partial charge in [0.1, 0.15) is 5.82 Å². The molecule has 1 aliphatic carbocycles. The van der Waals surface area contributed by atoms with Crippen molar-refractivity contribution >= 4 is 23.4 Å². The van der Waals surface area contributed by atoms with Crippen molar-refractivity contribution in [2.24, 2.45) is 11.3 Å². The van der Waals surface area contributed by atoms with Gasteiger partial charge in [0.25, 0.3) is 5.56 Å². The zero-order chi connectivity index (χ0) is 23.9. The summed E-state index contributed by atoms with van der Waals surface area (Å²) in [4.78, 5) is 34.3. The summed E-state index contributed by atoms with van der Waals surface area (Å²) < 4.78 is 5.30. The van der Waals surface area contributed by atoms with Crippen LogP contribution in [0.25, 0.3) is 0 Å². The smallest absolute Gasteiger partial charge is 0.257 e. The number of nitrogens with one attached hydrogen (secondary N) is 2. The molecule has 0 fully saturated rings. The van der Waals surface area contributed by atoms with Crippen molar-refractivity contribution in [3.63, 3.8) is 0 Å². The summed E-state index contributed by atoms with van der Waals surface area (Å²) in [5.74, 6) is 1.65. The van der Waals surface area contributed by atoms with Crippen molar-refractivity contribution in [3.05, 3.63) is 50.9 Å². The molecule has 0 saturated heterocycles. The van der Waals surface area contributed by atoms with Gasteiger partial charge in [0, 0.05) is 29.4 Å². The van der Waals surface area contributed by atoms with Crippen molar-refractivity contribution in [2.75, 3.05) is 18.2 Å². The van der Waals surface area contributed by atoms with Crippen LogP contribution >= 0.6 is 11.8 Å². The lowest BCUT2D eigenvalue weighted by atomic mass is 9.69. The third-order valence-electron chi connectivity index (χ3n) is 6.17. The third-order valence-corrected chi connectivity index (χ3v) is 7.08. The summed E-state index contributed by atoms with van der Waals surface area (Å²) in [6, 6.07) is 4.96. The van der Waals surface area contributed by atoms with Crippen LogP contribution in [-0.2, 0) is 4.79 Å². The first-order valence-corrected chi connectivity index (χ1v) is 12.3. The second-order valence-corrected chi connectivity index (χ2v) is 11.1. The number of hydrogen-bond donors (Lipinski definition) is 3. The third kappa shape index (κ3) is 4.67. The molecule has 2 aliphatic rings. The second-order valence-electron chi connectivity index (χ2n) is 9.99. The van der Waals surface area contributed by atoms with Gasteiger partial charge in [-0.3, -0.25) is 9.59 Å². The van der Waals surface area contributed by atoms with E-state index in [4.69, 9.17) is 9.72 Å². The van der Waals surface area contributed by atoms with Gasteiger partial charge in [-0.15, -0.1) is 0 Å². The van der Waals surface area contributed by atoms with Crippen molar-refractivity contribution in [1.82, 2.24) is 9.97 Å². The SMILES string of the molecule is COc1cc(C2C3=C(CC(C)(C)CC3=O)Nc3nc(SCCC(C)C)[nH]c(=O)c32)ccc1O. The number of aromatic hydroxyl groups is 1. The number of allylic oxidation sites excluding steroid dienone is 2. The van der Waals surface area contributed by atoms with Gasteiger partial charge in [-0.25, -0.2) is 4.98 Å². The van der Waals surface area contributed by atoms with Gasteiger partial charge in [0.2, 0.25) is 0 Å². The number of fused-ring (bicyclic) bond motifs is 1. The van der Waals surface area contributed by atoms with Crippen LogP contribution in [0.4, 0.5) is 5.82 Å². The molecule has 3 N–H and O–H groups in total. The molecule has 0 saturated carbocycles. The van der Waals surface area contributed by atoms with Crippen LogP contribution in [0.2, 0.25) is 0 Å². The first-order valence-electron chi connectivity index (χ1n) is 11.3. The van der Waals surface area contributed by atoms with E-state index >= 15 is 0 Å². The molecular weight excluding hydrogens is 438 g/mol. The summed E-state index contributed by atoms with van der Waals surface area (Å²) in [6.45, 7) is 8.47. The van der Waals surface area contributed by atoms with Gasteiger partial charge in [-0.1, -0.05) is 45.5 Å². The largest absolute Gasteiger partial charge is 0.504 e. The number of ketones is 1. The number of carbonyl (C=O) groups excluding carboxylic acids is 1. The predicted molar refractivity (Wildman–Crippen MR) is 130 cm³/mol. The Morgan fingerprint density at radius 1 is 1.27 bits per heavy atom. The summed E-state index contributed by atoms with van der Waals surface area (Å²) in [7, 11) is 1.48. The number of thioether (sulfide) groups is 1. The van der Waals surface area contributed by atoms with Crippen LogP contribution in [0.5, 0.6) is 11.5 Å². The van der Waals surface area contributed by atoms with E-state index in [1.54, 1.807) is 12.1 Å². The Morgan fingerprint density at radius 2 is 2.03 bits per heavy atom. The molecule has 2 heterocycles. The predicted octanol–water partition coefficient (Wildman–Crippen LogP) is 4.82. The molecule has 0 spiro atoms. The van der Waals surface area contributed by atoms with Gasteiger partial charge < -0.3 is 20.1 Å². The van der Waals surface area contributed by atoms with E-state index in [2.05, 4.69) is 38.0 Å². The number of hydrogen-bond acceptors (Lipinski definition) is 7. The standard InChI is InChI=1S/C25H31N3O4S/c1-13(2)8-9-33-24-27-22-21(23(31)28-24)19(14-6-7-16(29)18(10-14)32-5)20-15(26-22)11-25(3,4)12-17(20)30/h6-7,10,13,19,29H,8-9,11-12H2,1-5H3,(H2,26,27,28,31). The van der Waals surface area contributed by atoms with Gasteiger partial charge in [-0.05, 0) is 41.9 Å². The van der Waals surface area contributed by atoms with Crippen LogP contribution in [0.1, 0.15) is 64.0 Å². The number of anilines is 1. The van der Waals surface area contributed by atoms with E-state index in [1.165, 1.54) is 24.9 Å². The fraction of sp³-hybridized carbons (Fsp3) is 0.480. The molecule has 1 atom stereocenters. The van der Waals surface area contributed by atoms with E-state index < -0.39 is 5.92 Å². The molecule has 1 aliphatic heterocycles. The highest BCUT2D eigenvalue weighted by atomic mass is 32.2. The fourth-order valence-corrected chi connectivity index (χ4v) is 5.66. The zero-order valence-corrected chi connectivity index (χ0v) is 20.6. The van der Waals surface area contributed by atoms with Crippen molar-refractivity contribution in [1.29, 1.82) is 0 Å². The number of carbonyl (C=O) groups is 1. The van der Waals surface area contributed by atoms with Gasteiger partial charge in [-0.2, -0.15) is 0 Å². The molecule has 1 aromatic carbocycles. The Balaban J connectivity index is 1.85. The minimum atomic E-state index is -0.583. The van der Waals surface area contributed by atoms with E-state index in [-0.39, 0.29) is 22.5 Å². The molecule has 0 amide bonds. The highest BCUT2D eigenvalue weighted by molar-refractivity contribution is 7.99. The topological polar surface area (TPSA) is 104 Å². The molecule has 0 bridgehead atoms. The van der Waals surface area contributed by atoms with Crippen LogP contribution in [0.3, 0.4) is 0 Å². The number of H-pyrrole nitrogens is 1. The molecule has 4 rings (SSSR count). The summed E-state index contributed by atoms with van der Waals surface area (Å²) >= 11 is 1.53. The molecule has 176 valence electrons. The molecule has 0 radical (unpaired) electrons. The molecule has 33 heavy (non-hydrogen) atoms. The molecule has 1 aromatic heterocycles. The number of methoxy groups -OCH3 is 1. The Bertz CT molecular complexity index is 1180. The van der Waals surface area contributed by atoms with E-state index in [1.807, 2.05) is 0 Å². The maximum absolute atomic E-state index is 13.3. The van der Waals surface area contributed by atoms with E-state index in [0.29, 0.717) is 52.2 Å². The Kier molecular flexibility index (Phi) is 6.31. The lowest BCUT2D eigenvalue weighted by molar-refractivity contribution is -0.118. The van der Waals surface area contributed by atoms with Gasteiger partial charge in [0.05, 0.1) is 12.7 Å². The van der Waals surface area contributed by atoms with Gasteiger partial charge in [0.15, 0.2) is 22.4 Å². The number of Topliss-reactive ketones (excluding diaryl/α,β-unsaturated/α-hetero) is 1. The number of aromatic amines is 1. The average Bonchev–Trinajstić information content (AvgIpc) is 2.71. The number of ether oxygens (including phenoxy) is 1. The number of phenolic OH excluding ortho intramolecular Hbond substituents is 1. The minimum absolute atomic E-state index is 0.00431. The van der Waals surface area contributed by atoms with Crippen LogP contribution < -0.4 is 15.6 Å². The molecular formula is C25H31N3O4S. The second kappa shape index (κ2) is 8.89. The first-order chi connectivity index (χ1) is 15.6. The molecule has 8 heteroatoms. The normalized spacial score (nSPS) is 19.2. The molecule has 7 nitrogen and oxygen atoms in total. The van der Waals surface area contributed by atoms with Crippen molar-refractivity contribution in [3.8, 4) is 11.5 Å². The molecule has 2 aromatic rings. The number of rotatable bonds is 6. The number of aromatic nitrogens is 2. The lowest BCUT2D eigenvalue weighted by Crippen LogP contribution is -2.37. The van der Waals surface area contributed by atoms with Crippen molar-refractivity contribution < 1.29 is 14.6 Å². The zero-order valence-electron chi connectivity index (χ0n) is 19.7.